The van der Waals surface area contributed by atoms with E-state index in [9.17, 15) is 9.18 Å². The van der Waals surface area contributed by atoms with E-state index in [1.165, 1.54) is 24.3 Å². The number of nitrogens with two attached hydrogens (primary N) is 1. The van der Waals surface area contributed by atoms with Crippen LogP contribution in [0.5, 0.6) is 0 Å². The Morgan fingerprint density at radius 1 is 1.44 bits per heavy atom. The van der Waals surface area contributed by atoms with Gasteiger partial charge in [0.15, 0.2) is 0 Å². The molecule has 1 atom stereocenters. The number of anilines is 1. The van der Waals surface area contributed by atoms with Gasteiger partial charge in [0.2, 0.25) is 0 Å². The minimum Gasteiger partial charge on any atom is -0.328 e. The van der Waals surface area contributed by atoms with Gasteiger partial charge in [0.05, 0.1) is 5.54 Å². The summed E-state index contributed by atoms with van der Waals surface area (Å²) >= 11 is 0. The zero-order chi connectivity index (χ0) is 13.8. The first-order valence-electron chi connectivity index (χ1n) is 5.93. The first-order chi connectivity index (χ1) is 8.42. The van der Waals surface area contributed by atoms with E-state index in [4.69, 9.17) is 5.73 Å². The Balaban J connectivity index is 2.73. The van der Waals surface area contributed by atoms with Crippen LogP contribution in [0.2, 0.25) is 0 Å². The van der Waals surface area contributed by atoms with Crippen LogP contribution in [0, 0.1) is 5.82 Å². The van der Waals surface area contributed by atoms with Gasteiger partial charge in [-0.1, -0.05) is 6.92 Å². The normalized spacial score (nSPS) is 13.8. The van der Waals surface area contributed by atoms with E-state index in [0.29, 0.717) is 12.2 Å². The predicted octanol–water partition coefficient (Wildman–Crippen LogP) is 2.42. The third kappa shape index (κ3) is 3.20. The quantitative estimate of drug-likeness (QED) is 0.865. The van der Waals surface area contributed by atoms with Crippen molar-refractivity contribution < 1.29 is 9.18 Å². The molecule has 1 rings (SSSR count). The van der Waals surface area contributed by atoms with Gasteiger partial charge >= 0.3 is 6.03 Å². The SMILES string of the molecule is CCC(C)(CN)N(C)C(=O)Nc1ccc(F)cc1. The Bertz CT molecular complexity index is 401. The number of carbonyl (C=O) groups is 1. The van der Waals surface area contributed by atoms with E-state index in [1.54, 1.807) is 11.9 Å². The van der Waals surface area contributed by atoms with Crippen molar-refractivity contribution in [1.29, 1.82) is 0 Å². The molecule has 0 saturated heterocycles. The number of carbonyl (C=O) groups excluding carboxylic acids is 1. The van der Waals surface area contributed by atoms with Gasteiger partial charge in [0, 0.05) is 19.3 Å². The molecule has 0 aromatic heterocycles. The molecule has 1 aromatic carbocycles. The van der Waals surface area contributed by atoms with E-state index in [0.717, 1.165) is 6.42 Å². The molecule has 1 aromatic rings. The largest absolute Gasteiger partial charge is 0.328 e. The Kier molecular flexibility index (Phi) is 4.67. The molecular weight excluding hydrogens is 233 g/mol. The van der Waals surface area contributed by atoms with Crippen molar-refractivity contribution in [3.63, 3.8) is 0 Å². The third-order valence-electron chi connectivity index (χ3n) is 3.41. The van der Waals surface area contributed by atoms with Crippen LogP contribution in [0.3, 0.4) is 0 Å². The van der Waals surface area contributed by atoms with Crippen LogP contribution >= 0.6 is 0 Å². The van der Waals surface area contributed by atoms with Gasteiger partial charge < -0.3 is 16.0 Å². The minimum absolute atomic E-state index is 0.253. The van der Waals surface area contributed by atoms with Crippen molar-refractivity contribution in [1.82, 2.24) is 4.90 Å². The number of halogens is 1. The molecule has 1 unspecified atom stereocenters. The van der Waals surface area contributed by atoms with Gasteiger partial charge in [0.1, 0.15) is 5.82 Å². The summed E-state index contributed by atoms with van der Waals surface area (Å²) < 4.78 is 12.7. The molecule has 5 heteroatoms. The molecule has 100 valence electrons. The average molecular weight is 253 g/mol. The number of benzene rings is 1. The summed E-state index contributed by atoms with van der Waals surface area (Å²) in [5.74, 6) is -0.332. The van der Waals surface area contributed by atoms with Crippen LogP contribution in [0.4, 0.5) is 14.9 Å². The summed E-state index contributed by atoms with van der Waals surface area (Å²) in [4.78, 5) is 13.6. The summed E-state index contributed by atoms with van der Waals surface area (Å²) in [6, 6.07) is 5.39. The summed E-state index contributed by atoms with van der Waals surface area (Å²) in [6.07, 6.45) is 0.761. The van der Waals surface area contributed by atoms with Crippen molar-refractivity contribution in [3.05, 3.63) is 30.1 Å². The van der Waals surface area contributed by atoms with E-state index in [1.807, 2.05) is 13.8 Å². The van der Waals surface area contributed by atoms with E-state index >= 15 is 0 Å². The lowest BCUT2D eigenvalue weighted by Gasteiger charge is -2.37. The number of hydrogen-bond acceptors (Lipinski definition) is 2. The van der Waals surface area contributed by atoms with Gasteiger partial charge in [0.25, 0.3) is 0 Å². The van der Waals surface area contributed by atoms with Crippen LogP contribution in [0.25, 0.3) is 0 Å². The molecule has 0 radical (unpaired) electrons. The van der Waals surface area contributed by atoms with Crippen molar-refractivity contribution in [3.8, 4) is 0 Å². The molecule has 4 nitrogen and oxygen atoms in total. The van der Waals surface area contributed by atoms with Gasteiger partial charge in [-0.25, -0.2) is 9.18 Å². The maximum Gasteiger partial charge on any atom is 0.322 e. The van der Waals surface area contributed by atoms with Crippen LogP contribution in [0.15, 0.2) is 24.3 Å². The molecule has 0 aliphatic heterocycles. The maximum atomic E-state index is 12.7. The van der Waals surface area contributed by atoms with Crippen LogP contribution in [-0.4, -0.2) is 30.1 Å². The summed E-state index contributed by atoms with van der Waals surface area (Å²) in [5, 5.41) is 2.71. The fourth-order valence-electron chi connectivity index (χ4n) is 1.50. The maximum absolute atomic E-state index is 12.7. The highest BCUT2D eigenvalue weighted by atomic mass is 19.1. The number of urea groups is 1. The molecule has 18 heavy (non-hydrogen) atoms. The highest BCUT2D eigenvalue weighted by molar-refractivity contribution is 5.89. The molecular formula is C13H20FN3O. The molecule has 0 saturated carbocycles. The van der Waals surface area contributed by atoms with Crippen molar-refractivity contribution in [2.75, 3.05) is 18.9 Å². The lowest BCUT2D eigenvalue weighted by molar-refractivity contribution is 0.158. The third-order valence-corrected chi connectivity index (χ3v) is 3.41. The van der Waals surface area contributed by atoms with E-state index in [2.05, 4.69) is 5.32 Å². The average Bonchev–Trinajstić information content (AvgIpc) is 2.39. The number of hydrogen-bond donors (Lipinski definition) is 2. The summed E-state index contributed by atoms with van der Waals surface area (Å²) in [5.41, 5.74) is 5.87. The first-order valence-corrected chi connectivity index (χ1v) is 5.93. The van der Waals surface area contributed by atoms with E-state index in [-0.39, 0.29) is 17.4 Å². The Labute approximate surface area is 107 Å². The topological polar surface area (TPSA) is 58.4 Å². The number of likely N-dealkylation sites (N-methyl/N-ethyl adjacent to an activating group) is 1. The van der Waals surface area contributed by atoms with Crippen LogP contribution in [0.1, 0.15) is 20.3 Å². The van der Waals surface area contributed by atoms with Crippen LogP contribution in [-0.2, 0) is 0 Å². The number of rotatable bonds is 4. The second kappa shape index (κ2) is 5.82. The van der Waals surface area contributed by atoms with Gasteiger partial charge in [-0.3, -0.25) is 0 Å². The van der Waals surface area contributed by atoms with E-state index < -0.39 is 0 Å². The Morgan fingerprint density at radius 2 is 2.00 bits per heavy atom. The van der Waals surface area contributed by atoms with Crippen molar-refractivity contribution in [2.45, 2.75) is 25.8 Å². The fourth-order valence-corrected chi connectivity index (χ4v) is 1.50. The minimum atomic E-state index is -0.385. The standard InChI is InChI=1S/C13H20FN3O/c1-4-13(2,9-15)17(3)12(18)16-11-7-5-10(14)6-8-11/h5-8H,4,9,15H2,1-3H3,(H,16,18). The Morgan fingerprint density at radius 3 is 2.44 bits per heavy atom. The Hall–Kier alpha value is -1.62. The molecule has 0 spiro atoms. The zero-order valence-electron chi connectivity index (χ0n) is 11.0. The van der Waals surface area contributed by atoms with Gasteiger partial charge in [-0.05, 0) is 37.6 Å². The first kappa shape index (κ1) is 14.4. The van der Waals surface area contributed by atoms with Gasteiger partial charge in [-0.15, -0.1) is 0 Å². The van der Waals surface area contributed by atoms with Crippen molar-refractivity contribution >= 4 is 11.7 Å². The zero-order valence-corrected chi connectivity index (χ0v) is 11.0. The fraction of sp³-hybridized carbons (Fsp3) is 0.462. The molecule has 0 fully saturated rings. The van der Waals surface area contributed by atoms with Gasteiger partial charge in [-0.2, -0.15) is 0 Å². The molecule has 0 heterocycles. The number of amides is 2. The number of nitrogens with zero attached hydrogens (tertiary/aromatic N) is 1. The second-order valence-electron chi connectivity index (χ2n) is 4.55. The smallest absolute Gasteiger partial charge is 0.322 e. The lowest BCUT2D eigenvalue weighted by atomic mass is 9.97. The molecule has 2 amide bonds. The lowest BCUT2D eigenvalue weighted by Crippen LogP contribution is -2.53. The molecule has 0 aliphatic rings. The second-order valence-corrected chi connectivity index (χ2v) is 4.55. The highest BCUT2D eigenvalue weighted by Gasteiger charge is 2.29. The molecule has 0 bridgehead atoms. The predicted molar refractivity (Wildman–Crippen MR) is 70.9 cm³/mol. The molecule has 0 aliphatic carbocycles. The summed E-state index contributed by atoms with van der Waals surface area (Å²) in [7, 11) is 1.70. The highest BCUT2D eigenvalue weighted by Crippen LogP contribution is 2.18. The number of nitrogens with one attached hydrogen (secondary N) is 1. The summed E-state index contributed by atoms with van der Waals surface area (Å²) in [6.45, 7) is 4.29. The van der Waals surface area contributed by atoms with Crippen molar-refractivity contribution in [2.24, 2.45) is 5.73 Å². The monoisotopic (exact) mass is 253 g/mol. The van der Waals surface area contributed by atoms with Crippen LogP contribution < -0.4 is 11.1 Å². The molecule has 3 N–H and O–H groups in total.